The summed E-state index contributed by atoms with van der Waals surface area (Å²) in [4.78, 5) is 40.5. The molecule has 1 aromatic carbocycles. The van der Waals surface area contributed by atoms with Crippen molar-refractivity contribution in [2.75, 3.05) is 18.4 Å². The molecular formula is C19H25N3O3S. The summed E-state index contributed by atoms with van der Waals surface area (Å²) in [5, 5.41) is 5.78. The lowest BCUT2D eigenvalue weighted by atomic mass is 9.94. The number of rotatable bonds is 3. The van der Waals surface area contributed by atoms with Crippen LogP contribution in [0.5, 0.6) is 0 Å². The Morgan fingerprint density at radius 1 is 1.27 bits per heavy atom. The van der Waals surface area contributed by atoms with E-state index in [4.69, 9.17) is 0 Å². The molecular weight excluding hydrogens is 350 g/mol. The number of carbonyl (C=O) groups is 3. The highest BCUT2D eigenvalue weighted by Crippen LogP contribution is 2.43. The molecule has 2 heterocycles. The first kappa shape index (κ1) is 18.8. The SMILES string of the molecule is CC(C)NC(=O)C1CCN(C(=O)C2(C)Sc3ccccc3NC2=O)CC1. The van der Waals surface area contributed by atoms with Crippen molar-refractivity contribution in [2.24, 2.45) is 5.92 Å². The van der Waals surface area contributed by atoms with Gasteiger partial charge in [0, 0.05) is 29.9 Å². The molecule has 0 bridgehead atoms. The van der Waals surface area contributed by atoms with Crippen LogP contribution in [-0.2, 0) is 14.4 Å². The molecule has 1 saturated heterocycles. The Balaban J connectivity index is 1.67. The minimum atomic E-state index is -1.18. The van der Waals surface area contributed by atoms with E-state index < -0.39 is 4.75 Å². The third-order valence-electron chi connectivity index (χ3n) is 4.87. The summed E-state index contributed by atoms with van der Waals surface area (Å²) in [5.41, 5.74) is 0.747. The van der Waals surface area contributed by atoms with Crippen molar-refractivity contribution in [1.82, 2.24) is 10.2 Å². The fourth-order valence-electron chi connectivity index (χ4n) is 3.36. The van der Waals surface area contributed by atoms with Crippen molar-refractivity contribution in [1.29, 1.82) is 0 Å². The second kappa shape index (κ2) is 7.31. The van der Waals surface area contributed by atoms with E-state index in [1.54, 1.807) is 11.8 Å². The summed E-state index contributed by atoms with van der Waals surface area (Å²) in [6, 6.07) is 7.62. The van der Waals surface area contributed by atoms with Crippen LogP contribution in [0, 0.1) is 5.92 Å². The molecule has 2 N–H and O–H groups in total. The maximum absolute atomic E-state index is 13.1. The molecule has 1 aromatic rings. The normalized spacial score (nSPS) is 23.4. The minimum Gasteiger partial charge on any atom is -0.354 e. The van der Waals surface area contributed by atoms with Gasteiger partial charge in [-0.25, -0.2) is 0 Å². The van der Waals surface area contributed by atoms with E-state index in [-0.39, 0.29) is 29.7 Å². The molecule has 1 atom stereocenters. The van der Waals surface area contributed by atoms with Crippen LogP contribution in [0.1, 0.15) is 33.6 Å². The topological polar surface area (TPSA) is 78.5 Å². The zero-order valence-electron chi connectivity index (χ0n) is 15.4. The Morgan fingerprint density at radius 2 is 1.92 bits per heavy atom. The van der Waals surface area contributed by atoms with Gasteiger partial charge in [-0.1, -0.05) is 23.9 Å². The molecule has 3 amide bonds. The molecule has 0 spiro atoms. The van der Waals surface area contributed by atoms with Gasteiger partial charge in [-0.15, -0.1) is 0 Å². The average molecular weight is 375 g/mol. The zero-order valence-corrected chi connectivity index (χ0v) is 16.2. The monoisotopic (exact) mass is 375 g/mol. The van der Waals surface area contributed by atoms with Crippen LogP contribution in [0.2, 0.25) is 0 Å². The van der Waals surface area contributed by atoms with E-state index >= 15 is 0 Å². The maximum atomic E-state index is 13.1. The van der Waals surface area contributed by atoms with Gasteiger partial charge in [0.25, 0.3) is 0 Å². The van der Waals surface area contributed by atoms with Crippen molar-refractivity contribution in [3.8, 4) is 0 Å². The first-order valence-electron chi connectivity index (χ1n) is 9.00. The number of thioether (sulfide) groups is 1. The van der Waals surface area contributed by atoms with Gasteiger partial charge in [0.05, 0.1) is 5.69 Å². The first-order chi connectivity index (χ1) is 12.3. The summed E-state index contributed by atoms with van der Waals surface area (Å²) >= 11 is 1.30. The molecule has 6 nitrogen and oxygen atoms in total. The standard InChI is InChI=1S/C19H25N3O3S/c1-12(2)20-16(23)13-8-10-22(11-9-13)18(25)19(3)17(24)21-14-6-4-5-7-15(14)26-19/h4-7,12-13H,8-11H2,1-3H3,(H,20,23)(H,21,24). The third-order valence-corrected chi connectivity index (χ3v) is 6.22. The number of fused-ring (bicyclic) bond motifs is 1. The van der Waals surface area contributed by atoms with E-state index in [9.17, 15) is 14.4 Å². The van der Waals surface area contributed by atoms with Crippen molar-refractivity contribution >= 4 is 35.2 Å². The zero-order chi connectivity index (χ0) is 18.9. The number of hydrogen-bond donors (Lipinski definition) is 2. The highest BCUT2D eigenvalue weighted by Gasteiger charge is 2.48. The number of hydrogen-bond acceptors (Lipinski definition) is 4. The second-order valence-corrected chi connectivity index (χ2v) is 8.78. The molecule has 1 unspecified atom stereocenters. The van der Waals surface area contributed by atoms with Gasteiger partial charge in [0.2, 0.25) is 17.7 Å². The van der Waals surface area contributed by atoms with Gasteiger partial charge < -0.3 is 15.5 Å². The predicted molar refractivity (Wildman–Crippen MR) is 102 cm³/mol. The molecule has 2 aliphatic heterocycles. The molecule has 7 heteroatoms. The number of nitrogens with zero attached hydrogens (tertiary/aromatic N) is 1. The van der Waals surface area contributed by atoms with Crippen molar-refractivity contribution in [3.05, 3.63) is 24.3 Å². The van der Waals surface area contributed by atoms with Crippen LogP contribution in [0.3, 0.4) is 0 Å². The number of likely N-dealkylation sites (tertiary alicyclic amines) is 1. The van der Waals surface area contributed by atoms with Crippen molar-refractivity contribution in [2.45, 2.75) is 49.3 Å². The number of anilines is 1. The maximum Gasteiger partial charge on any atom is 0.250 e. The Kier molecular flexibility index (Phi) is 5.27. The van der Waals surface area contributed by atoms with Gasteiger partial charge in [0.15, 0.2) is 4.75 Å². The van der Waals surface area contributed by atoms with Crippen LogP contribution >= 0.6 is 11.8 Å². The van der Waals surface area contributed by atoms with Crippen molar-refractivity contribution < 1.29 is 14.4 Å². The molecule has 2 aliphatic rings. The lowest BCUT2D eigenvalue weighted by Gasteiger charge is -2.39. The van der Waals surface area contributed by atoms with E-state index in [1.165, 1.54) is 11.8 Å². The van der Waals surface area contributed by atoms with Gasteiger partial charge in [-0.2, -0.15) is 0 Å². The molecule has 26 heavy (non-hydrogen) atoms. The molecule has 0 saturated carbocycles. The molecule has 0 aromatic heterocycles. The highest BCUT2D eigenvalue weighted by atomic mass is 32.2. The third kappa shape index (κ3) is 3.58. The Hall–Kier alpha value is -2.02. The van der Waals surface area contributed by atoms with E-state index in [1.807, 2.05) is 38.1 Å². The summed E-state index contributed by atoms with van der Waals surface area (Å²) in [5.74, 6) is -0.483. The first-order valence-corrected chi connectivity index (χ1v) is 9.82. The van der Waals surface area contributed by atoms with Crippen LogP contribution in [0.4, 0.5) is 5.69 Å². The number of carbonyl (C=O) groups excluding carboxylic acids is 3. The summed E-state index contributed by atoms with van der Waals surface area (Å²) < 4.78 is -1.18. The molecule has 1 fully saturated rings. The van der Waals surface area contributed by atoms with Crippen LogP contribution in [-0.4, -0.2) is 46.5 Å². The van der Waals surface area contributed by atoms with Crippen molar-refractivity contribution in [3.63, 3.8) is 0 Å². The molecule has 0 radical (unpaired) electrons. The Morgan fingerprint density at radius 3 is 2.58 bits per heavy atom. The lowest BCUT2D eigenvalue weighted by Crippen LogP contribution is -2.55. The number of piperidine rings is 1. The number of para-hydroxylation sites is 1. The largest absolute Gasteiger partial charge is 0.354 e. The van der Waals surface area contributed by atoms with E-state index in [2.05, 4.69) is 10.6 Å². The number of amides is 3. The summed E-state index contributed by atoms with van der Waals surface area (Å²) in [6.45, 7) is 6.56. The quantitative estimate of drug-likeness (QED) is 0.795. The number of nitrogens with one attached hydrogen (secondary N) is 2. The van der Waals surface area contributed by atoms with Gasteiger partial charge >= 0.3 is 0 Å². The van der Waals surface area contributed by atoms with Gasteiger partial charge in [0.1, 0.15) is 0 Å². The van der Waals surface area contributed by atoms with Gasteiger partial charge in [-0.3, -0.25) is 14.4 Å². The van der Waals surface area contributed by atoms with Crippen LogP contribution in [0.25, 0.3) is 0 Å². The molecule has 140 valence electrons. The fraction of sp³-hybridized carbons (Fsp3) is 0.526. The van der Waals surface area contributed by atoms with E-state index in [0.29, 0.717) is 25.9 Å². The molecule has 0 aliphatic carbocycles. The van der Waals surface area contributed by atoms with Crippen LogP contribution < -0.4 is 10.6 Å². The number of benzene rings is 1. The fourth-order valence-corrected chi connectivity index (χ4v) is 4.53. The average Bonchev–Trinajstić information content (AvgIpc) is 2.61. The van der Waals surface area contributed by atoms with E-state index in [0.717, 1.165) is 10.6 Å². The highest BCUT2D eigenvalue weighted by molar-refractivity contribution is 8.02. The van der Waals surface area contributed by atoms with Gasteiger partial charge in [-0.05, 0) is 45.7 Å². The smallest absolute Gasteiger partial charge is 0.250 e. The Bertz CT molecular complexity index is 728. The van der Waals surface area contributed by atoms with Crippen LogP contribution in [0.15, 0.2) is 29.2 Å². The molecule has 3 rings (SSSR count). The Labute approximate surface area is 158 Å². The summed E-state index contributed by atoms with van der Waals surface area (Å²) in [7, 11) is 0. The lowest BCUT2D eigenvalue weighted by molar-refractivity contribution is -0.140. The predicted octanol–water partition coefficient (Wildman–Crippen LogP) is 2.25. The minimum absolute atomic E-state index is 0.0528. The second-order valence-electron chi connectivity index (χ2n) is 7.32. The summed E-state index contributed by atoms with van der Waals surface area (Å²) in [6.07, 6.45) is 1.26.